The Hall–Kier alpha value is -1.78. The minimum atomic E-state index is 0.0744. The van der Waals surface area contributed by atoms with E-state index < -0.39 is 0 Å². The van der Waals surface area contributed by atoms with Gasteiger partial charge in [-0.25, -0.2) is 0 Å². The molecule has 0 spiro atoms. The fourth-order valence-corrected chi connectivity index (χ4v) is 3.83. The van der Waals surface area contributed by atoms with Crippen molar-refractivity contribution in [3.05, 3.63) is 56.8 Å². The number of piperidine rings is 1. The van der Waals surface area contributed by atoms with Crippen molar-refractivity contribution >= 4 is 35.2 Å². The Balaban J connectivity index is 1.79. The highest BCUT2D eigenvalue weighted by Crippen LogP contribution is 2.26. The number of hydrogen-bond acceptors (Lipinski definition) is 2. The fraction of sp³-hybridized carbons (Fsp3) is 0.400. The second kappa shape index (κ2) is 8.28. The minimum Gasteiger partial charge on any atom is -0.339 e. The van der Waals surface area contributed by atoms with E-state index in [9.17, 15) is 4.79 Å². The molecule has 0 N–H and O–H groups in total. The summed E-state index contributed by atoms with van der Waals surface area (Å²) in [5, 5.41) is 5.86. The molecule has 1 aliphatic heterocycles. The Labute approximate surface area is 164 Å². The summed E-state index contributed by atoms with van der Waals surface area (Å²) in [6, 6.07) is 5.48. The van der Waals surface area contributed by atoms with Crippen molar-refractivity contribution in [2.24, 2.45) is 0 Å². The van der Waals surface area contributed by atoms with Crippen LogP contribution < -0.4 is 0 Å². The van der Waals surface area contributed by atoms with Crippen molar-refractivity contribution in [1.82, 2.24) is 14.7 Å². The van der Waals surface area contributed by atoms with Crippen LogP contribution in [0.2, 0.25) is 10.0 Å². The maximum Gasteiger partial charge on any atom is 0.246 e. The van der Waals surface area contributed by atoms with Gasteiger partial charge < -0.3 is 4.90 Å². The van der Waals surface area contributed by atoms with Crippen molar-refractivity contribution in [2.75, 3.05) is 13.1 Å². The smallest absolute Gasteiger partial charge is 0.246 e. The summed E-state index contributed by atoms with van der Waals surface area (Å²) in [5.74, 6) is 0.0744. The number of carbonyl (C=O) groups is 1. The average Bonchev–Trinajstić information content (AvgIpc) is 2.90. The summed E-state index contributed by atoms with van der Waals surface area (Å²) in [4.78, 5) is 14.3. The number of nitrogens with zero attached hydrogens (tertiary/aromatic N) is 3. The molecule has 1 aromatic carbocycles. The molecule has 2 heterocycles. The van der Waals surface area contributed by atoms with Gasteiger partial charge in [0.15, 0.2) is 0 Å². The van der Waals surface area contributed by atoms with E-state index in [2.05, 4.69) is 5.10 Å². The molecule has 0 saturated carbocycles. The lowest BCUT2D eigenvalue weighted by atomic mass is 10.1. The maximum atomic E-state index is 12.4. The molecule has 0 atom stereocenters. The standard InChI is InChI=1S/C20H23Cl2N3O/c1-14-16(9-10-20(26)24-11-4-3-5-12-24)15(2)25(23-14)13-17-18(21)7-6-8-19(17)22/h6-10H,3-5,11-13H2,1-2H3/b10-9+. The third kappa shape index (κ3) is 4.13. The number of hydrogen-bond donors (Lipinski definition) is 0. The molecule has 138 valence electrons. The molecule has 2 aromatic rings. The zero-order valence-corrected chi connectivity index (χ0v) is 16.6. The number of amides is 1. The highest BCUT2D eigenvalue weighted by atomic mass is 35.5. The van der Waals surface area contributed by atoms with Gasteiger partial charge >= 0.3 is 0 Å². The fourth-order valence-electron chi connectivity index (χ4n) is 3.31. The molecule has 1 aromatic heterocycles. The molecule has 0 aliphatic carbocycles. The van der Waals surface area contributed by atoms with Crippen molar-refractivity contribution in [1.29, 1.82) is 0 Å². The van der Waals surface area contributed by atoms with Gasteiger partial charge in [-0.1, -0.05) is 29.3 Å². The quantitative estimate of drug-likeness (QED) is 0.696. The Morgan fingerprint density at radius 1 is 1.15 bits per heavy atom. The van der Waals surface area contributed by atoms with Crippen molar-refractivity contribution in [2.45, 2.75) is 39.7 Å². The van der Waals surface area contributed by atoms with Crippen LogP contribution in [0.5, 0.6) is 0 Å². The van der Waals surface area contributed by atoms with E-state index >= 15 is 0 Å². The number of benzene rings is 1. The first-order chi connectivity index (χ1) is 12.5. The molecule has 0 unspecified atom stereocenters. The minimum absolute atomic E-state index is 0.0744. The first-order valence-electron chi connectivity index (χ1n) is 8.91. The van der Waals surface area contributed by atoms with Crippen molar-refractivity contribution in [3.63, 3.8) is 0 Å². The van der Waals surface area contributed by atoms with Crippen LogP contribution in [0.25, 0.3) is 6.08 Å². The van der Waals surface area contributed by atoms with Crippen LogP contribution in [-0.2, 0) is 11.3 Å². The SMILES string of the molecule is Cc1nn(Cc2c(Cl)cccc2Cl)c(C)c1/C=C/C(=O)N1CCCCC1. The van der Waals surface area contributed by atoms with Gasteiger partial charge in [0, 0.05) is 46.0 Å². The molecule has 1 amide bonds. The van der Waals surface area contributed by atoms with Gasteiger partial charge in [0.05, 0.1) is 12.2 Å². The summed E-state index contributed by atoms with van der Waals surface area (Å²) in [6.07, 6.45) is 6.93. The summed E-state index contributed by atoms with van der Waals surface area (Å²) in [7, 11) is 0. The predicted molar refractivity (Wildman–Crippen MR) is 107 cm³/mol. The average molecular weight is 392 g/mol. The van der Waals surface area contributed by atoms with Crippen LogP contribution >= 0.6 is 23.2 Å². The van der Waals surface area contributed by atoms with Crippen LogP contribution in [0.15, 0.2) is 24.3 Å². The Kier molecular flexibility index (Phi) is 6.05. The monoisotopic (exact) mass is 391 g/mol. The zero-order chi connectivity index (χ0) is 18.7. The second-order valence-corrected chi connectivity index (χ2v) is 7.48. The van der Waals surface area contributed by atoms with E-state index in [1.165, 1.54) is 6.42 Å². The maximum absolute atomic E-state index is 12.4. The molecular formula is C20H23Cl2N3O. The summed E-state index contributed by atoms with van der Waals surface area (Å²) in [5.41, 5.74) is 3.69. The first-order valence-corrected chi connectivity index (χ1v) is 9.67. The molecular weight excluding hydrogens is 369 g/mol. The number of likely N-dealkylation sites (tertiary alicyclic amines) is 1. The first kappa shape index (κ1) is 19.0. The molecule has 1 fully saturated rings. The van der Waals surface area contributed by atoms with E-state index in [-0.39, 0.29) is 5.91 Å². The van der Waals surface area contributed by atoms with Crippen LogP contribution in [0, 0.1) is 13.8 Å². The number of aryl methyl sites for hydroxylation is 1. The van der Waals surface area contributed by atoms with Gasteiger partial charge in [-0.15, -0.1) is 0 Å². The highest BCUT2D eigenvalue weighted by molar-refractivity contribution is 6.35. The predicted octanol–water partition coefficient (Wildman–Crippen LogP) is 4.88. The normalized spacial score (nSPS) is 15.0. The van der Waals surface area contributed by atoms with Gasteiger partial charge in [-0.2, -0.15) is 5.10 Å². The van der Waals surface area contributed by atoms with Gasteiger partial charge in [0.2, 0.25) is 5.91 Å². The van der Waals surface area contributed by atoms with Crippen LogP contribution in [0.1, 0.15) is 41.8 Å². The largest absolute Gasteiger partial charge is 0.339 e. The number of halogens is 2. The lowest BCUT2D eigenvalue weighted by molar-refractivity contribution is -0.126. The van der Waals surface area contributed by atoms with Crippen molar-refractivity contribution in [3.8, 4) is 0 Å². The molecule has 26 heavy (non-hydrogen) atoms. The summed E-state index contributed by atoms with van der Waals surface area (Å²) in [6.45, 7) is 6.15. The van der Waals surface area contributed by atoms with E-state index in [1.54, 1.807) is 6.08 Å². The van der Waals surface area contributed by atoms with E-state index in [0.29, 0.717) is 16.6 Å². The van der Waals surface area contributed by atoms with Gasteiger partial charge in [-0.3, -0.25) is 9.48 Å². The lowest BCUT2D eigenvalue weighted by Gasteiger charge is -2.25. The van der Waals surface area contributed by atoms with Crippen LogP contribution in [0.4, 0.5) is 0 Å². The topological polar surface area (TPSA) is 38.1 Å². The highest BCUT2D eigenvalue weighted by Gasteiger charge is 2.16. The second-order valence-electron chi connectivity index (χ2n) is 6.66. The van der Waals surface area contributed by atoms with Crippen LogP contribution in [0.3, 0.4) is 0 Å². The molecule has 1 aliphatic rings. The summed E-state index contributed by atoms with van der Waals surface area (Å²) < 4.78 is 1.88. The van der Waals surface area contributed by atoms with E-state index in [1.807, 2.05) is 47.7 Å². The van der Waals surface area contributed by atoms with Gasteiger partial charge in [-0.05, 0) is 51.3 Å². The number of rotatable bonds is 4. The van der Waals surface area contributed by atoms with Crippen LogP contribution in [-0.4, -0.2) is 33.7 Å². The Morgan fingerprint density at radius 2 is 1.81 bits per heavy atom. The Morgan fingerprint density at radius 3 is 2.46 bits per heavy atom. The third-order valence-electron chi connectivity index (χ3n) is 4.87. The molecule has 4 nitrogen and oxygen atoms in total. The molecule has 3 rings (SSSR count). The van der Waals surface area contributed by atoms with Gasteiger partial charge in [0.1, 0.15) is 0 Å². The van der Waals surface area contributed by atoms with Gasteiger partial charge in [0.25, 0.3) is 0 Å². The molecule has 0 radical (unpaired) electrons. The lowest BCUT2D eigenvalue weighted by Crippen LogP contribution is -2.34. The van der Waals surface area contributed by atoms with Crippen molar-refractivity contribution < 1.29 is 4.79 Å². The number of aromatic nitrogens is 2. The summed E-state index contributed by atoms with van der Waals surface area (Å²) >= 11 is 12.6. The Bertz CT molecular complexity index is 816. The molecule has 0 bridgehead atoms. The third-order valence-corrected chi connectivity index (χ3v) is 5.58. The zero-order valence-electron chi connectivity index (χ0n) is 15.1. The number of carbonyl (C=O) groups excluding carboxylic acids is 1. The molecule has 6 heteroatoms. The van der Waals surface area contributed by atoms with E-state index in [4.69, 9.17) is 23.2 Å². The molecule has 1 saturated heterocycles. The van der Waals surface area contributed by atoms with E-state index in [0.717, 1.165) is 48.4 Å².